The lowest BCUT2D eigenvalue weighted by atomic mass is 10.1. The number of thiophene rings is 1. The van der Waals surface area contributed by atoms with E-state index in [4.69, 9.17) is 4.98 Å². The molecule has 0 aliphatic rings. The minimum atomic E-state index is 0.597. The maximum absolute atomic E-state index is 4.90. The van der Waals surface area contributed by atoms with Crippen molar-refractivity contribution in [2.24, 2.45) is 0 Å². The molecule has 0 saturated heterocycles. The van der Waals surface area contributed by atoms with E-state index in [2.05, 4.69) is 75.8 Å². The van der Waals surface area contributed by atoms with Crippen LogP contribution < -0.4 is 4.90 Å². The quantitative estimate of drug-likeness (QED) is 0.422. The normalized spacial score (nSPS) is 11.0. The van der Waals surface area contributed by atoms with Crippen LogP contribution in [-0.4, -0.2) is 26.6 Å². The molecule has 0 atom stereocenters. The summed E-state index contributed by atoms with van der Waals surface area (Å²) in [5.74, 6) is 1.46. The molecule has 28 heavy (non-hydrogen) atoms. The molecular formula is C22H17N5S. The number of nitrogens with zero attached hydrogens (tertiary/aromatic N) is 5. The zero-order valence-corrected chi connectivity index (χ0v) is 16.0. The van der Waals surface area contributed by atoms with Crippen LogP contribution in [0.3, 0.4) is 0 Å². The van der Waals surface area contributed by atoms with Crippen LogP contribution in [0.5, 0.6) is 0 Å². The van der Waals surface area contributed by atoms with Crippen LogP contribution in [0.1, 0.15) is 0 Å². The molecule has 0 N–H and O–H groups in total. The molecule has 0 amide bonds. The highest BCUT2D eigenvalue weighted by molar-refractivity contribution is 7.13. The van der Waals surface area contributed by atoms with Crippen LogP contribution in [0.2, 0.25) is 0 Å². The molecule has 3 heterocycles. The maximum Gasteiger partial charge on any atom is 0.236 e. The van der Waals surface area contributed by atoms with Gasteiger partial charge in [0.15, 0.2) is 0 Å². The van der Waals surface area contributed by atoms with Crippen molar-refractivity contribution in [1.29, 1.82) is 0 Å². The Morgan fingerprint density at radius 2 is 1.89 bits per heavy atom. The molecule has 136 valence electrons. The summed E-state index contributed by atoms with van der Waals surface area (Å²) in [4.78, 5) is 16.9. The molecule has 0 unspecified atom stereocenters. The predicted octanol–water partition coefficient (Wildman–Crippen LogP) is 5.31. The van der Waals surface area contributed by atoms with E-state index in [0.717, 1.165) is 21.9 Å². The first-order valence-corrected chi connectivity index (χ1v) is 9.80. The summed E-state index contributed by atoms with van der Waals surface area (Å²) in [6, 6.07) is 18.9. The molecule has 3 aromatic heterocycles. The molecule has 5 rings (SSSR count). The van der Waals surface area contributed by atoms with Gasteiger partial charge in [0.05, 0.1) is 5.56 Å². The SMILES string of the molecule is CN(c1nc(-n2ccnc2)ncc1-c1cccs1)c1cccc2ccccc12. The second-order valence-electron chi connectivity index (χ2n) is 6.41. The second-order valence-corrected chi connectivity index (χ2v) is 7.36. The minimum absolute atomic E-state index is 0.597. The van der Waals surface area contributed by atoms with Gasteiger partial charge in [-0.25, -0.2) is 9.97 Å². The third kappa shape index (κ3) is 2.84. The van der Waals surface area contributed by atoms with E-state index in [1.54, 1.807) is 23.9 Å². The number of rotatable bonds is 4. The summed E-state index contributed by atoms with van der Waals surface area (Å²) in [6.07, 6.45) is 7.18. The van der Waals surface area contributed by atoms with Crippen molar-refractivity contribution in [3.8, 4) is 16.4 Å². The Morgan fingerprint density at radius 3 is 2.71 bits per heavy atom. The van der Waals surface area contributed by atoms with Crippen LogP contribution in [0.25, 0.3) is 27.2 Å². The molecule has 2 aromatic carbocycles. The van der Waals surface area contributed by atoms with Crippen molar-refractivity contribution in [2.75, 3.05) is 11.9 Å². The Kier molecular flexibility index (Phi) is 4.10. The summed E-state index contributed by atoms with van der Waals surface area (Å²) in [6.45, 7) is 0. The van der Waals surface area contributed by atoms with Crippen LogP contribution >= 0.6 is 11.3 Å². The molecule has 0 aliphatic carbocycles. The van der Waals surface area contributed by atoms with Gasteiger partial charge in [0.2, 0.25) is 5.95 Å². The minimum Gasteiger partial charge on any atom is -0.328 e. The van der Waals surface area contributed by atoms with Crippen LogP contribution in [0.15, 0.2) is 84.9 Å². The molecule has 0 bridgehead atoms. The van der Waals surface area contributed by atoms with Gasteiger partial charge < -0.3 is 4.90 Å². The van der Waals surface area contributed by atoms with Gasteiger partial charge in [-0.05, 0) is 22.9 Å². The van der Waals surface area contributed by atoms with Gasteiger partial charge in [-0.3, -0.25) is 4.57 Å². The maximum atomic E-state index is 4.90. The van der Waals surface area contributed by atoms with E-state index in [9.17, 15) is 0 Å². The molecule has 6 heteroatoms. The van der Waals surface area contributed by atoms with Gasteiger partial charge in [0, 0.05) is 41.6 Å². The van der Waals surface area contributed by atoms with E-state index < -0.39 is 0 Å². The fourth-order valence-corrected chi connectivity index (χ4v) is 4.07. The van der Waals surface area contributed by atoms with Crippen molar-refractivity contribution < 1.29 is 0 Å². The van der Waals surface area contributed by atoms with E-state index in [1.807, 2.05) is 23.0 Å². The lowest BCUT2D eigenvalue weighted by Crippen LogP contribution is -2.15. The first kappa shape index (κ1) is 16.6. The topological polar surface area (TPSA) is 46.8 Å². The van der Waals surface area contributed by atoms with Crippen molar-refractivity contribution in [2.45, 2.75) is 0 Å². The number of anilines is 2. The summed E-state index contributed by atoms with van der Waals surface area (Å²) in [5.41, 5.74) is 2.11. The van der Waals surface area contributed by atoms with Crippen LogP contribution in [0, 0.1) is 0 Å². The van der Waals surface area contributed by atoms with Gasteiger partial charge >= 0.3 is 0 Å². The first-order chi connectivity index (χ1) is 13.8. The second kappa shape index (κ2) is 6.90. The molecular weight excluding hydrogens is 366 g/mol. The monoisotopic (exact) mass is 383 g/mol. The molecule has 0 spiro atoms. The van der Waals surface area contributed by atoms with Gasteiger partial charge in [-0.2, -0.15) is 4.98 Å². The average molecular weight is 383 g/mol. The third-order valence-corrected chi connectivity index (χ3v) is 5.63. The predicted molar refractivity (Wildman–Crippen MR) is 114 cm³/mol. The summed E-state index contributed by atoms with van der Waals surface area (Å²) in [5, 5.41) is 4.46. The lowest BCUT2D eigenvalue weighted by Gasteiger charge is -2.23. The molecule has 5 nitrogen and oxygen atoms in total. The molecule has 0 fully saturated rings. The van der Waals surface area contributed by atoms with Crippen LogP contribution in [0.4, 0.5) is 11.5 Å². The number of aromatic nitrogens is 4. The molecule has 0 radical (unpaired) electrons. The van der Waals surface area contributed by atoms with Crippen molar-refractivity contribution >= 4 is 33.6 Å². The highest BCUT2D eigenvalue weighted by Crippen LogP contribution is 2.37. The molecule has 5 aromatic rings. The van der Waals surface area contributed by atoms with Gasteiger partial charge in [-0.15, -0.1) is 11.3 Å². The Labute approximate surface area is 166 Å². The largest absolute Gasteiger partial charge is 0.328 e. The number of imidazole rings is 1. The van der Waals surface area contributed by atoms with E-state index in [1.165, 1.54) is 10.8 Å². The van der Waals surface area contributed by atoms with Gasteiger partial charge in [0.1, 0.15) is 12.1 Å². The van der Waals surface area contributed by atoms with Gasteiger partial charge in [0.25, 0.3) is 0 Å². The number of hydrogen-bond acceptors (Lipinski definition) is 5. The Hall–Kier alpha value is -3.51. The van der Waals surface area contributed by atoms with E-state index in [-0.39, 0.29) is 0 Å². The lowest BCUT2D eigenvalue weighted by molar-refractivity contribution is 0.918. The highest BCUT2D eigenvalue weighted by atomic mass is 32.1. The summed E-state index contributed by atoms with van der Waals surface area (Å²) < 4.78 is 1.82. The Balaban J connectivity index is 1.71. The Morgan fingerprint density at radius 1 is 1.00 bits per heavy atom. The molecule has 0 saturated carbocycles. The zero-order chi connectivity index (χ0) is 18.9. The number of fused-ring (bicyclic) bond motifs is 1. The number of benzene rings is 2. The fourth-order valence-electron chi connectivity index (χ4n) is 3.34. The van der Waals surface area contributed by atoms with E-state index in [0.29, 0.717) is 5.95 Å². The smallest absolute Gasteiger partial charge is 0.236 e. The van der Waals surface area contributed by atoms with Crippen molar-refractivity contribution in [3.05, 3.63) is 84.9 Å². The summed E-state index contributed by atoms with van der Waals surface area (Å²) >= 11 is 1.68. The Bertz CT molecular complexity index is 1220. The fraction of sp³-hybridized carbons (Fsp3) is 0.0455. The highest BCUT2D eigenvalue weighted by Gasteiger charge is 2.17. The number of hydrogen-bond donors (Lipinski definition) is 0. The average Bonchev–Trinajstić information content (AvgIpc) is 3.46. The van der Waals surface area contributed by atoms with Gasteiger partial charge in [-0.1, -0.05) is 42.5 Å². The van der Waals surface area contributed by atoms with Crippen LogP contribution in [-0.2, 0) is 0 Å². The van der Waals surface area contributed by atoms with Crippen molar-refractivity contribution in [1.82, 2.24) is 19.5 Å². The third-order valence-electron chi connectivity index (χ3n) is 4.72. The summed E-state index contributed by atoms with van der Waals surface area (Å²) in [7, 11) is 2.05. The standard InChI is InChI=1S/C22H17N5S/c1-26(19-9-4-7-16-6-2-3-8-17(16)19)21-18(20-10-5-13-28-20)14-24-22(25-21)27-12-11-23-15-27/h2-15H,1H3. The van der Waals surface area contributed by atoms with E-state index >= 15 is 0 Å². The molecule has 0 aliphatic heterocycles. The first-order valence-electron chi connectivity index (χ1n) is 8.92. The van der Waals surface area contributed by atoms with Crippen molar-refractivity contribution in [3.63, 3.8) is 0 Å². The zero-order valence-electron chi connectivity index (χ0n) is 15.2.